The summed E-state index contributed by atoms with van der Waals surface area (Å²) in [7, 11) is 1.61. The number of imide groups is 1. The number of amides is 2. The van der Waals surface area contributed by atoms with Gasteiger partial charge in [0.1, 0.15) is 0 Å². The van der Waals surface area contributed by atoms with Gasteiger partial charge in [-0.1, -0.05) is 32.4 Å². The largest absolute Gasteiger partial charge is 0.311 e. The molecule has 0 aliphatic carbocycles. The van der Waals surface area contributed by atoms with Gasteiger partial charge in [0.2, 0.25) is 11.8 Å². The Morgan fingerprint density at radius 2 is 1.87 bits per heavy atom. The van der Waals surface area contributed by atoms with E-state index in [0.717, 1.165) is 18.4 Å². The Morgan fingerprint density at radius 3 is 2.30 bits per heavy atom. The van der Waals surface area contributed by atoms with E-state index in [0.29, 0.717) is 12.1 Å². The van der Waals surface area contributed by atoms with Crippen LogP contribution in [0.2, 0.25) is 0 Å². The summed E-state index contributed by atoms with van der Waals surface area (Å²) in [6.07, 6.45) is 2.66. The molecule has 2 amide bonds. The van der Waals surface area contributed by atoms with Gasteiger partial charge in [-0.3, -0.25) is 14.5 Å². The lowest BCUT2D eigenvalue weighted by Crippen LogP contribution is -2.33. The average Bonchev–Trinajstić information content (AvgIpc) is 2.81. The van der Waals surface area contributed by atoms with Crippen molar-refractivity contribution in [3.8, 4) is 0 Å². The molecule has 1 fully saturated rings. The van der Waals surface area contributed by atoms with Crippen molar-refractivity contribution in [2.45, 2.75) is 51.9 Å². The molecule has 122 valence electrons. The Kier molecular flexibility index (Phi) is 5.08. The number of nitrogens with zero attached hydrogens (tertiary/aromatic N) is 1. The van der Waals surface area contributed by atoms with Gasteiger partial charge < -0.3 is 4.79 Å². The van der Waals surface area contributed by atoms with Gasteiger partial charge in [0.15, 0.2) is 7.85 Å². The molecule has 1 saturated heterocycles. The maximum atomic E-state index is 12.3. The van der Waals surface area contributed by atoms with Gasteiger partial charge in [-0.25, -0.2) is 0 Å². The number of hydrogen-bond acceptors (Lipinski definition) is 3. The van der Waals surface area contributed by atoms with Crippen molar-refractivity contribution in [2.75, 3.05) is 4.90 Å². The molecule has 2 unspecified atom stereocenters. The van der Waals surface area contributed by atoms with Crippen LogP contribution in [-0.2, 0) is 19.8 Å². The van der Waals surface area contributed by atoms with E-state index >= 15 is 0 Å². The van der Waals surface area contributed by atoms with Crippen LogP contribution in [0.25, 0.3) is 0 Å². The van der Waals surface area contributed by atoms with Gasteiger partial charge in [0, 0.05) is 17.8 Å². The molecule has 1 aromatic rings. The van der Waals surface area contributed by atoms with Crippen molar-refractivity contribution in [1.29, 1.82) is 0 Å². The van der Waals surface area contributed by atoms with E-state index in [1.54, 1.807) is 20.0 Å². The van der Waals surface area contributed by atoms with Crippen LogP contribution < -0.4 is 4.90 Å². The minimum absolute atomic E-state index is 0.117. The van der Waals surface area contributed by atoms with Crippen LogP contribution in [0.3, 0.4) is 0 Å². The molecule has 4 nitrogen and oxygen atoms in total. The van der Waals surface area contributed by atoms with Crippen LogP contribution in [0.4, 0.5) is 5.69 Å². The van der Waals surface area contributed by atoms with E-state index < -0.39 is 5.41 Å². The molecular formula is C18H24BNO3. The highest BCUT2D eigenvalue weighted by Gasteiger charge is 2.38. The van der Waals surface area contributed by atoms with Crippen LogP contribution >= 0.6 is 0 Å². The van der Waals surface area contributed by atoms with Crippen LogP contribution in [0.1, 0.15) is 52.0 Å². The van der Waals surface area contributed by atoms with Gasteiger partial charge in [-0.2, -0.15) is 0 Å². The normalized spacial score (nSPS) is 20.7. The zero-order chi connectivity index (χ0) is 17.2. The predicted octanol–water partition coefficient (Wildman–Crippen LogP) is 2.19. The van der Waals surface area contributed by atoms with E-state index in [4.69, 9.17) is 0 Å². The van der Waals surface area contributed by atoms with Crippen molar-refractivity contribution in [2.24, 2.45) is 5.92 Å². The first-order valence-electron chi connectivity index (χ1n) is 8.33. The average molecular weight is 313 g/mol. The summed E-state index contributed by atoms with van der Waals surface area (Å²) in [5.74, 6) is -0.463. The lowest BCUT2D eigenvalue weighted by molar-refractivity contribution is -0.122. The lowest BCUT2D eigenvalue weighted by atomic mass is 9.68. The van der Waals surface area contributed by atoms with E-state index in [9.17, 15) is 14.4 Å². The summed E-state index contributed by atoms with van der Waals surface area (Å²) < 4.78 is 0. The highest BCUT2D eigenvalue weighted by Crippen LogP contribution is 2.33. The molecule has 0 spiro atoms. The Bertz CT molecular complexity index is 626. The summed E-state index contributed by atoms with van der Waals surface area (Å²) in [5, 5.41) is 0. The van der Waals surface area contributed by atoms with Crippen molar-refractivity contribution in [1.82, 2.24) is 0 Å². The summed E-state index contributed by atoms with van der Waals surface area (Å²) in [4.78, 5) is 37.7. The fourth-order valence-corrected chi connectivity index (χ4v) is 3.29. The number of carbonyl (C=O) groups is 3. The monoisotopic (exact) mass is 313 g/mol. The standard InChI is InChI=1S/C18H24BNO3/c1-4-10-18(3,17(19)23)13-6-8-14(9-7-13)20-15(21)11-12(5-2)16(20)22/h6-9,12H,4-5,10-11,19H2,1-3H3. The van der Waals surface area contributed by atoms with Crippen molar-refractivity contribution >= 4 is 31.0 Å². The maximum Gasteiger partial charge on any atom is 0.237 e. The van der Waals surface area contributed by atoms with E-state index in [1.807, 2.05) is 26.0 Å². The second-order valence-corrected chi connectivity index (χ2v) is 6.56. The first-order chi connectivity index (χ1) is 10.8. The highest BCUT2D eigenvalue weighted by atomic mass is 16.2. The van der Waals surface area contributed by atoms with E-state index in [2.05, 4.69) is 6.92 Å². The molecule has 2 atom stereocenters. The Labute approximate surface area is 138 Å². The highest BCUT2D eigenvalue weighted by molar-refractivity contribution is 6.59. The third-order valence-electron chi connectivity index (χ3n) is 5.02. The molecule has 5 heteroatoms. The minimum atomic E-state index is -0.516. The molecular weight excluding hydrogens is 289 g/mol. The fraction of sp³-hybridized carbons (Fsp3) is 0.500. The number of rotatable bonds is 6. The third kappa shape index (κ3) is 3.10. The summed E-state index contributed by atoms with van der Waals surface area (Å²) in [5.41, 5.74) is 1.15. The van der Waals surface area contributed by atoms with Crippen LogP contribution in [-0.4, -0.2) is 25.3 Å². The van der Waals surface area contributed by atoms with Gasteiger partial charge in [0.25, 0.3) is 0 Å². The van der Waals surface area contributed by atoms with Gasteiger partial charge in [0.05, 0.1) is 11.4 Å². The predicted molar refractivity (Wildman–Crippen MR) is 93.1 cm³/mol. The molecule has 0 bridgehead atoms. The fourth-order valence-electron chi connectivity index (χ4n) is 3.29. The first kappa shape index (κ1) is 17.4. The Balaban J connectivity index is 2.31. The van der Waals surface area contributed by atoms with Gasteiger partial charge in [-0.05, 0) is 37.5 Å². The number of anilines is 1. The van der Waals surface area contributed by atoms with Crippen LogP contribution in [0.5, 0.6) is 0 Å². The molecule has 0 saturated carbocycles. The van der Waals surface area contributed by atoms with Gasteiger partial charge >= 0.3 is 0 Å². The van der Waals surface area contributed by atoms with Crippen LogP contribution in [0.15, 0.2) is 24.3 Å². The molecule has 1 aliphatic heterocycles. The summed E-state index contributed by atoms with van der Waals surface area (Å²) in [6, 6.07) is 7.29. The second kappa shape index (κ2) is 6.69. The maximum absolute atomic E-state index is 12.3. The molecule has 0 radical (unpaired) electrons. The molecule has 1 aliphatic rings. The smallest absolute Gasteiger partial charge is 0.237 e. The molecule has 23 heavy (non-hydrogen) atoms. The molecule has 0 N–H and O–H groups in total. The molecule has 2 rings (SSSR count). The summed E-state index contributed by atoms with van der Waals surface area (Å²) >= 11 is 0. The summed E-state index contributed by atoms with van der Waals surface area (Å²) in [6.45, 7) is 5.93. The van der Waals surface area contributed by atoms with Crippen LogP contribution in [0, 0.1) is 5.92 Å². The first-order valence-corrected chi connectivity index (χ1v) is 8.33. The Morgan fingerprint density at radius 1 is 1.26 bits per heavy atom. The number of carbonyl (C=O) groups excluding carboxylic acids is 3. The second-order valence-electron chi connectivity index (χ2n) is 6.56. The quantitative estimate of drug-likeness (QED) is 0.597. The van der Waals surface area contributed by atoms with E-state index in [-0.39, 0.29) is 29.8 Å². The molecule has 1 heterocycles. The number of hydrogen-bond donors (Lipinski definition) is 0. The minimum Gasteiger partial charge on any atom is -0.311 e. The molecule has 0 aromatic heterocycles. The Hall–Kier alpha value is -1.91. The number of benzene rings is 1. The molecule has 1 aromatic carbocycles. The topological polar surface area (TPSA) is 54.5 Å². The third-order valence-corrected chi connectivity index (χ3v) is 5.02. The zero-order valence-electron chi connectivity index (χ0n) is 14.4. The van der Waals surface area contributed by atoms with E-state index in [1.165, 1.54) is 4.90 Å². The van der Waals surface area contributed by atoms with Gasteiger partial charge in [-0.15, -0.1) is 0 Å². The zero-order valence-corrected chi connectivity index (χ0v) is 14.4. The van der Waals surface area contributed by atoms with Crippen molar-refractivity contribution < 1.29 is 14.4 Å². The lowest BCUT2D eigenvalue weighted by Gasteiger charge is -2.28. The SMILES string of the molecule is BC(=O)C(C)(CCC)c1ccc(N2C(=O)CC(CC)C2=O)cc1. The van der Waals surface area contributed by atoms with Crippen molar-refractivity contribution in [3.05, 3.63) is 29.8 Å². The van der Waals surface area contributed by atoms with Crippen molar-refractivity contribution in [3.63, 3.8) is 0 Å².